The van der Waals surface area contributed by atoms with Crippen LogP contribution in [0.3, 0.4) is 0 Å². The zero-order valence-corrected chi connectivity index (χ0v) is 14.0. The number of hydrogen-bond acceptors (Lipinski definition) is 5. The summed E-state index contributed by atoms with van der Waals surface area (Å²) in [5.74, 6) is -1.95. The Balaban J connectivity index is 2.33. The zero-order chi connectivity index (χ0) is 17.6. The van der Waals surface area contributed by atoms with E-state index < -0.39 is 35.8 Å². The van der Waals surface area contributed by atoms with Gasteiger partial charge >= 0.3 is 5.97 Å². The maximum atomic E-state index is 12.9. The van der Waals surface area contributed by atoms with E-state index in [0.29, 0.717) is 12.8 Å². The van der Waals surface area contributed by atoms with Crippen LogP contribution >= 0.6 is 0 Å². The van der Waals surface area contributed by atoms with Crippen molar-refractivity contribution in [2.24, 2.45) is 22.8 Å². The molecular formula is C16H27N3O4. The number of carboxylic acids is 1. The average molecular weight is 325 g/mol. The predicted molar refractivity (Wildman–Crippen MR) is 84.2 cm³/mol. The molecule has 130 valence electrons. The number of amides is 2. The lowest BCUT2D eigenvalue weighted by Crippen LogP contribution is -2.61. The number of nitrogens with two attached hydrogens (primary N) is 2. The topological polar surface area (TPSA) is 127 Å². The lowest BCUT2D eigenvalue weighted by Gasteiger charge is -2.41. The number of hydrogen-bond donors (Lipinski definition) is 3. The minimum Gasteiger partial charge on any atom is -0.481 e. The highest BCUT2D eigenvalue weighted by Gasteiger charge is 2.55. The summed E-state index contributed by atoms with van der Waals surface area (Å²) in [6.45, 7) is 5.92. The minimum atomic E-state index is -1.23. The highest BCUT2D eigenvalue weighted by molar-refractivity contribution is 6.04. The van der Waals surface area contributed by atoms with Gasteiger partial charge in [0.25, 0.3) is 0 Å². The fourth-order valence-corrected chi connectivity index (χ4v) is 3.12. The summed E-state index contributed by atoms with van der Waals surface area (Å²) in [5, 5.41) is 8.89. The van der Waals surface area contributed by atoms with E-state index in [1.165, 1.54) is 4.90 Å². The van der Waals surface area contributed by atoms with Gasteiger partial charge in [-0.25, -0.2) is 0 Å². The smallest absolute Gasteiger partial charge is 0.305 e. The van der Waals surface area contributed by atoms with E-state index in [1.54, 1.807) is 0 Å². The molecule has 0 aromatic rings. The molecule has 0 radical (unpaired) electrons. The van der Waals surface area contributed by atoms with Gasteiger partial charge in [0.15, 0.2) is 0 Å². The van der Waals surface area contributed by atoms with Crippen LogP contribution in [-0.2, 0) is 14.4 Å². The lowest BCUT2D eigenvalue weighted by atomic mass is 9.81. The Bertz CT molecular complexity index is 518. The van der Waals surface area contributed by atoms with Crippen LogP contribution in [0.2, 0.25) is 0 Å². The van der Waals surface area contributed by atoms with E-state index in [1.807, 2.05) is 20.8 Å². The Hall–Kier alpha value is -1.47. The molecule has 1 unspecified atom stereocenters. The molecule has 23 heavy (non-hydrogen) atoms. The molecule has 0 heterocycles. The number of carbonyl (C=O) groups is 3. The molecule has 2 atom stereocenters. The SMILES string of the molecule is CC(C)(C)C(C1CC1)N(C(=O)[C@@H](N)CC(=O)O)C(=O)C1(N)CC1. The van der Waals surface area contributed by atoms with E-state index in [2.05, 4.69) is 0 Å². The molecule has 2 saturated carbocycles. The van der Waals surface area contributed by atoms with Gasteiger partial charge in [-0.15, -0.1) is 0 Å². The first kappa shape index (κ1) is 17.9. The van der Waals surface area contributed by atoms with Gasteiger partial charge in [-0.3, -0.25) is 19.3 Å². The van der Waals surface area contributed by atoms with E-state index in [9.17, 15) is 14.4 Å². The maximum Gasteiger partial charge on any atom is 0.305 e. The summed E-state index contributed by atoms with van der Waals surface area (Å²) in [6.07, 6.45) is 2.49. The molecule has 2 fully saturated rings. The molecule has 2 aliphatic rings. The zero-order valence-electron chi connectivity index (χ0n) is 14.0. The molecule has 0 bridgehead atoms. The van der Waals surface area contributed by atoms with Gasteiger partial charge < -0.3 is 16.6 Å². The largest absolute Gasteiger partial charge is 0.481 e. The summed E-state index contributed by atoms with van der Waals surface area (Å²) in [4.78, 5) is 37.7. The second kappa shape index (κ2) is 5.87. The quantitative estimate of drug-likeness (QED) is 0.651. The highest BCUT2D eigenvalue weighted by atomic mass is 16.4. The van der Waals surface area contributed by atoms with Gasteiger partial charge in [-0.1, -0.05) is 20.8 Å². The number of imide groups is 1. The van der Waals surface area contributed by atoms with Crippen molar-refractivity contribution in [3.05, 3.63) is 0 Å². The van der Waals surface area contributed by atoms with Gasteiger partial charge in [0, 0.05) is 6.04 Å². The molecule has 0 saturated heterocycles. The van der Waals surface area contributed by atoms with E-state index >= 15 is 0 Å². The van der Waals surface area contributed by atoms with Crippen LogP contribution in [-0.4, -0.2) is 45.4 Å². The molecule has 7 heteroatoms. The molecule has 0 aliphatic heterocycles. The molecule has 0 aromatic heterocycles. The maximum absolute atomic E-state index is 12.9. The Morgan fingerprint density at radius 1 is 1.26 bits per heavy atom. The van der Waals surface area contributed by atoms with Crippen molar-refractivity contribution in [2.45, 2.75) is 70.5 Å². The van der Waals surface area contributed by atoms with Crippen LogP contribution < -0.4 is 11.5 Å². The Kier molecular flexibility index (Phi) is 4.56. The normalized spacial score (nSPS) is 22.1. The second-order valence-electron chi connectivity index (χ2n) is 8.02. The van der Waals surface area contributed by atoms with Crippen molar-refractivity contribution in [3.63, 3.8) is 0 Å². The Morgan fingerprint density at radius 3 is 2.13 bits per heavy atom. The predicted octanol–water partition coefficient (Wildman–Crippen LogP) is 0.460. The van der Waals surface area contributed by atoms with Crippen molar-refractivity contribution in [2.75, 3.05) is 0 Å². The molecule has 2 aliphatic carbocycles. The van der Waals surface area contributed by atoms with Crippen molar-refractivity contribution < 1.29 is 19.5 Å². The molecule has 2 rings (SSSR count). The van der Waals surface area contributed by atoms with Crippen molar-refractivity contribution >= 4 is 17.8 Å². The third-order valence-electron chi connectivity index (χ3n) is 4.62. The molecule has 2 amide bonds. The summed E-state index contributed by atoms with van der Waals surface area (Å²) < 4.78 is 0. The Labute approximate surface area is 136 Å². The van der Waals surface area contributed by atoms with Crippen LogP contribution in [0.1, 0.15) is 52.9 Å². The van der Waals surface area contributed by atoms with Gasteiger partial charge in [0.05, 0.1) is 18.0 Å². The number of rotatable bonds is 6. The average Bonchev–Trinajstić information content (AvgIpc) is 3.29. The molecule has 5 N–H and O–H groups in total. The lowest BCUT2D eigenvalue weighted by molar-refractivity contribution is -0.155. The van der Waals surface area contributed by atoms with Gasteiger partial charge in [0.1, 0.15) is 0 Å². The first-order chi connectivity index (χ1) is 10.5. The van der Waals surface area contributed by atoms with Crippen LogP contribution in [0.25, 0.3) is 0 Å². The number of aliphatic carboxylic acids is 1. The monoisotopic (exact) mass is 325 g/mol. The molecule has 7 nitrogen and oxygen atoms in total. The van der Waals surface area contributed by atoms with Crippen molar-refractivity contribution in [1.82, 2.24) is 4.90 Å². The first-order valence-electron chi connectivity index (χ1n) is 8.11. The third-order valence-corrected chi connectivity index (χ3v) is 4.62. The standard InChI is InChI=1S/C16H27N3O4/c1-15(2,3)12(9-4-5-9)19(14(23)16(18)6-7-16)13(22)10(17)8-11(20)21/h9-10,12H,4-8,17-18H2,1-3H3,(H,20,21)/t10-,12?/m0/s1. The van der Waals surface area contributed by atoms with Gasteiger partial charge in [-0.05, 0) is 37.0 Å². The van der Waals surface area contributed by atoms with Gasteiger partial charge in [-0.2, -0.15) is 0 Å². The molecule has 0 spiro atoms. The number of carboxylic acid groups (broad SMARTS) is 1. The summed E-state index contributed by atoms with van der Waals surface area (Å²) >= 11 is 0. The van der Waals surface area contributed by atoms with Crippen LogP contribution in [0.4, 0.5) is 0 Å². The van der Waals surface area contributed by atoms with Crippen LogP contribution in [0.15, 0.2) is 0 Å². The van der Waals surface area contributed by atoms with Crippen molar-refractivity contribution in [3.8, 4) is 0 Å². The van der Waals surface area contributed by atoms with Crippen LogP contribution in [0, 0.1) is 11.3 Å². The van der Waals surface area contributed by atoms with Crippen LogP contribution in [0.5, 0.6) is 0 Å². The Morgan fingerprint density at radius 2 is 1.78 bits per heavy atom. The highest BCUT2D eigenvalue weighted by Crippen LogP contribution is 2.46. The van der Waals surface area contributed by atoms with Gasteiger partial charge in [0.2, 0.25) is 11.8 Å². The fourth-order valence-electron chi connectivity index (χ4n) is 3.12. The second-order valence-corrected chi connectivity index (χ2v) is 8.02. The molecule has 0 aromatic carbocycles. The summed E-state index contributed by atoms with van der Waals surface area (Å²) in [5.41, 5.74) is 10.5. The fraction of sp³-hybridized carbons (Fsp3) is 0.812. The number of carbonyl (C=O) groups excluding carboxylic acids is 2. The van der Waals surface area contributed by atoms with Crippen molar-refractivity contribution in [1.29, 1.82) is 0 Å². The first-order valence-corrected chi connectivity index (χ1v) is 8.11. The third kappa shape index (κ3) is 3.90. The van der Waals surface area contributed by atoms with E-state index in [4.69, 9.17) is 16.6 Å². The minimum absolute atomic E-state index is 0.238. The van der Waals surface area contributed by atoms with E-state index in [0.717, 1.165) is 12.8 Å². The van der Waals surface area contributed by atoms with E-state index in [-0.39, 0.29) is 17.4 Å². The summed E-state index contributed by atoms with van der Waals surface area (Å²) in [6, 6.07) is -1.54. The number of nitrogens with zero attached hydrogens (tertiary/aromatic N) is 1. The summed E-state index contributed by atoms with van der Waals surface area (Å²) in [7, 11) is 0. The molecular weight excluding hydrogens is 298 g/mol.